The monoisotopic (exact) mass is 418 g/mol. The Morgan fingerprint density at radius 2 is 0.906 bits per heavy atom. The summed E-state index contributed by atoms with van der Waals surface area (Å²) in [4.78, 5) is 10.0. The van der Waals surface area contributed by atoms with Crippen molar-refractivity contribution in [3.05, 3.63) is 108 Å². The Kier molecular flexibility index (Phi) is 5.42. The largest absolute Gasteiger partial charge is 0.377 e. The second-order valence-corrected chi connectivity index (χ2v) is 8.12. The second-order valence-electron chi connectivity index (χ2n) is 8.12. The van der Waals surface area contributed by atoms with Crippen molar-refractivity contribution in [2.75, 3.05) is 10.6 Å². The average Bonchev–Trinajstić information content (AvgIpc) is 2.84. The number of hydrogen-bond acceptors (Lipinski definition) is 4. The van der Waals surface area contributed by atoms with Crippen molar-refractivity contribution in [3.63, 3.8) is 0 Å². The van der Waals surface area contributed by atoms with Crippen LogP contribution in [-0.2, 0) is 0 Å². The van der Waals surface area contributed by atoms with Crippen molar-refractivity contribution in [2.24, 2.45) is 0 Å². The van der Waals surface area contributed by atoms with Crippen LogP contribution in [-0.4, -0.2) is 9.97 Å². The molecule has 0 aliphatic carbocycles. The van der Waals surface area contributed by atoms with E-state index < -0.39 is 0 Å². The molecule has 1 heterocycles. The summed E-state index contributed by atoms with van der Waals surface area (Å²) in [6.07, 6.45) is 0. The predicted molar refractivity (Wildman–Crippen MR) is 134 cm³/mol. The Hall–Kier alpha value is -3.92. The third-order valence-corrected chi connectivity index (χ3v) is 5.84. The molecule has 32 heavy (non-hydrogen) atoms. The SMILES string of the molecule is C[C@@H](Nc1cccc2nc3c(N[C@H](C)c4ccccc4)cccc3nc12)c1ccccc1. The normalized spacial score (nSPS) is 13.1. The molecular weight excluding hydrogens is 392 g/mol. The molecule has 0 unspecified atom stereocenters. The standard InChI is InChI=1S/C28H26N4/c1-19(21-11-5-3-6-12-21)29-23-15-9-17-25-27(23)31-26-18-10-16-24(28(26)32-25)30-20(2)22-13-7-4-8-14-22/h3-20,29-30H,1-2H3/t19-,20-/m1/s1. The summed E-state index contributed by atoms with van der Waals surface area (Å²) in [7, 11) is 0. The molecule has 2 N–H and O–H groups in total. The highest BCUT2D eigenvalue weighted by Crippen LogP contribution is 2.30. The van der Waals surface area contributed by atoms with Crippen LogP contribution in [0.15, 0.2) is 97.1 Å². The van der Waals surface area contributed by atoms with Gasteiger partial charge in [-0.15, -0.1) is 0 Å². The molecule has 0 fully saturated rings. The molecule has 1 aromatic heterocycles. The molecule has 0 saturated heterocycles. The predicted octanol–water partition coefficient (Wildman–Crippen LogP) is 7.13. The van der Waals surface area contributed by atoms with Crippen LogP contribution in [0.3, 0.4) is 0 Å². The molecule has 4 nitrogen and oxygen atoms in total. The fourth-order valence-electron chi connectivity index (χ4n) is 4.07. The van der Waals surface area contributed by atoms with E-state index in [1.807, 2.05) is 36.4 Å². The number of hydrogen-bond donors (Lipinski definition) is 2. The van der Waals surface area contributed by atoms with Crippen molar-refractivity contribution in [1.82, 2.24) is 9.97 Å². The molecular formula is C28H26N4. The van der Waals surface area contributed by atoms with Crippen LogP contribution in [0, 0.1) is 0 Å². The van der Waals surface area contributed by atoms with Crippen LogP contribution in [0.25, 0.3) is 22.1 Å². The van der Waals surface area contributed by atoms with Crippen LogP contribution in [0.4, 0.5) is 11.4 Å². The lowest BCUT2D eigenvalue weighted by atomic mass is 10.1. The fraction of sp³-hybridized carbons (Fsp3) is 0.143. The molecule has 0 saturated carbocycles. The Balaban J connectivity index is 1.51. The van der Waals surface area contributed by atoms with Crippen LogP contribution in [0.1, 0.15) is 37.1 Å². The molecule has 0 radical (unpaired) electrons. The minimum Gasteiger partial charge on any atom is -0.377 e. The van der Waals surface area contributed by atoms with Gasteiger partial charge in [-0.1, -0.05) is 72.8 Å². The number of anilines is 2. The Morgan fingerprint density at radius 3 is 1.31 bits per heavy atom. The van der Waals surface area contributed by atoms with E-state index in [0.29, 0.717) is 0 Å². The van der Waals surface area contributed by atoms with Gasteiger partial charge in [0, 0.05) is 12.1 Å². The second kappa shape index (κ2) is 8.67. The summed E-state index contributed by atoms with van der Waals surface area (Å²) in [6, 6.07) is 33.5. The quantitative estimate of drug-likeness (QED) is 0.288. The molecule has 0 aliphatic rings. The maximum absolute atomic E-state index is 5.00. The number of aromatic nitrogens is 2. The van der Waals surface area contributed by atoms with E-state index in [1.165, 1.54) is 11.1 Å². The van der Waals surface area contributed by atoms with Gasteiger partial charge >= 0.3 is 0 Å². The van der Waals surface area contributed by atoms with E-state index in [-0.39, 0.29) is 12.1 Å². The van der Waals surface area contributed by atoms with Gasteiger partial charge in [0.05, 0.1) is 22.4 Å². The van der Waals surface area contributed by atoms with Crippen molar-refractivity contribution in [3.8, 4) is 0 Å². The molecule has 4 heteroatoms. The lowest BCUT2D eigenvalue weighted by Gasteiger charge is -2.18. The third-order valence-electron chi connectivity index (χ3n) is 5.84. The molecule has 5 rings (SSSR count). The average molecular weight is 419 g/mol. The highest BCUT2D eigenvalue weighted by molar-refractivity contribution is 5.97. The summed E-state index contributed by atoms with van der Waals surface area (Å²) in [5.41, 5.74) is 7.98. The highest BCUT2D eigenvalue weighted by Gasteiger charge is 2.13. The van der Waals surface area contributed by atoms with Crippen molar-refractivity contribution in [2.45, 2.75) is 25.9 Å². The first-order chi connectivity index (χ1) is 15.7. The number of rotatable bonds is 6. The van der Waals surface area contributed by atoms with Crippen molar-refractivity contribution >= 4 is 33.4 Å². The third kappa shape index (κ3) is 4.00. The first-order valence-corrected chi connectivity index (χ1v) is 11.0. The molecule has 158 valence electrons. The summed E-state index contributed by atoms with van der Waals surface area (Å²) >= 11 is 0. The number of benzene rings is 4. The van der Waals surface area contributed by atoms with E-state index in [2.05, 4.69) is 85.1 Å². The number of para-hydroxylation sites is 2. The van der Waals surface area contributed by atoms with Gasteiger partial charge in [0.25, 0.3) is 0 Å². The zero-order chi connectivity index (χ0) is 21.9. The molecule has 0 spiro atoms. The van der Waals surface area contributed by atoms with E-state index in [4.69, 9.17) is 9.97 Å². The molecule has 2 atom stereocenters. The summed E-state index contributed by atoms with van der Waals surface area (Å²) < 4.78 is 0. The topological polar surface area (TPSA) is 49.8 Å². The van der Waals surface area contributed by atoms with Crippen LogP contribution < -0.4 is 10.6 Å². The van der Waals surface area contributed by atoms with Crippen LogP contribution in [0.2, 0.25) is 0 Å². The van der Waals surface area contributed by atoms with Gasteiger partial charge in [-0.2, -0.15) is 0 Å². The molecule has 4 aromatic carbocycles. The number of nitrogens with one attached hydrogen (secondary N) is 2. The van der Waals surface area contributed by atoms with Crippen molar-refractivity contribution < 1.29 is 0 Å². The highest BCUT2D eigenvalue weighted by atomic mass is 15.0. The first-order valence-electron chi connectivity index (χ1n) is 11.0. The van der Waals surface area contributed by atoms with Gasteiger partial charge in [0.1, 0.15) is 11.0 Å². The van der Waals surface area contributed by atoms with Crippen LogP contribution >= 0.6 is 0 Å². The smallest absolute Gasteiger partial charge is 0.113 e. The van der Waals surface area contributed by atoms with Gasteiger partial charge in [-0.05, 0) is 49.2 Å². The van der Waals surface area contributed by atoms with Crippen molar-refractivity contribution in [1.29, 1.82) is 0 Å². The first kappa shape index (κ1) is 20.0. The van der Waals surface area contributed by atoms with E-state index in [9.17, 15) is 0 Å². The molecule has 0 aliphatic heterocycles. The Morgan fingerprint density at radius 1 is 0.500 bits per heavy atom. The Labute approximate surface area is 188 Å². The van der Waals surface area contributed by atoms with E-state index in [0.717, 1.165) is 33.4 Å². The maximum atomic E-state index is 5.00. The van der Waals surface area contributed by atoms with Crippen LogP contribution in [0.5, 0.6) is 0 Å². The number of nitrogens with zero attached hydrogens (tertiary/aromatic N) is 2. The lowest BCUT2D eigenvalue weighted by molar-refractivity contribution is 0.885. The van der Waals surface area contributed by atoms with E-state index >= 15 is 0 Å². The maximum Gasteiger partial charge on any atom is 0.113 e. The molecule has 5 aromatic rings. The van der Waals surface area contributed by atoms with E-state index in [1.54, 1.807) is 0 Å². The molecule has 0 bridgehead atoms. The van der Waals surface area contributed by atoms with Gasteiger partial charge in [-0.3, -0.25) is 0 Å². The summed E-state index contributed by atoms with van der Waals surface area (Å²) in [5, 5.41) is 7.23. The number of fused-ring (bicyclic) bond motifs is 2. The lowest BCUT2D eigenvalue weighted by Crippen LogP contribution is -2.08. The summed E-state index contributed by atoms with van der Waals surface area (Å²) in [6.45, 7) is 4.32. The Bertz CT molecular complexity index is 1240. The molecule has 0 amide bonds. The minimum absolute atomic E-state index is 0.166. The zero-order valence-electron chi connectivity index (χ0n) is 18.3. The minimum atomic E-state index is 0.166. The van der Waals surface area contributed by atoms with Gasteiger partial charge in [0.15, 0.2) is 0 Å². The zero-order valence-corrected chi connectivity index (χ0v) is 18.3. The summed E-state index contributed by atoms with van der Waals surface area (Å²) in [5.74, 6) is 0. The van der Waals surface area contributed by atoms with Gasteiger partial charge in [-0.25, -0.2) is 9.97 Å². The van der Waals surface area contributed by atoms with Gasteiger partial charge in [0.2, 0.25) is 0 Å². The van der Waals surface area contributed by atoms with Gasteiger partial charge < -0.3 is 10.6 Å². The fourth-order valence-corrected chi connectivity index (χ4v) is 4.07.